The zero-order valence-corrected chi connectivity index (χ0v) is 31.0. The summed E-state index contributed by atoms with van der Waals surface area (Å²) in [6.45, 7) is 13.5. The van der Waals surface area contributed by atoms with Crippen molar-refractivity contribution >= 4 is 16.9 Å². The van der Waals surface area contributed by atoms with Crippen LogP contribution in [-0.4, -0.2) is 31.5 Å². The van der Waals surface area contributed by atoms with Crippen LogP contribution in [0, 0.1) is 34.5 Å². The summed E-state index contributed by atoms with van der Waals surface area (Å²) in [7, 11) is 0. The average Bonchev–Trinajstić information content (AvgIpc) is 3.09. The van der Waals surface area contributed by atoms with Gasteiger partial charge in [-0.2, -0.15) is 0 Å². The molecule has 3 aromatic carbocycles. The molecule has 8 nitrogen and oxygen atoms in total. The number of benzene rings is 3. The predicted molar refractivity (Wildman–Crippen MR) is 201 cm³/mol. The second kappa shape index (κ2) is 11.9. The first-order valence-electron chi connectivity index (χ1n) is 18.4. The highest BCUT2D eigenvalue weighted by atomic mass is 16.4. The zero-order valence-electron chi connectivity index (χ0n) is 31.0. The normalized spacial score (nSPS) is 31.9. The molecular weight excluding hydrogens is 656 g/mol. The zero-order chi connectivity index (χ0) is 37.6. The van der Waals surface area contributed by atoms with E-state index in [4.69, 9.17) is 4.42 Å². The molecule has 5 N–H and O–H groups in total. The first-order valence-corrected chi connectivity index (χ1v) is 18.4. The summed E-state index contributed by atoms with van der Waals surface area (Å²) in [6, 6.07) is 14.7. The lowest BCUT2D eigenvalue weighted by molar-refractivity contribution is -0.177. The van der Waals surface area contributed by atoms with Crippen molar-refractivity contribution in [1.29, 1.82) is 0 Å². The van der Waals surface area contributed by atoms with E-state index in [9.17, 15) is 35.1 Å². The highest BCUT2D eigenvalue weighted by Gasteiger charge is 2.67. The fourth-order valence-electron chi connectivity index (χ4n) is 10.9. The number of phenols is 4. The summed E-state index contributed by atoms with van der Waals surface area (Å²) in [6.07, 6.45) is 10.0. The van der Waals surface area contributed by atoms with E-state index in [1.807, 2.05) is 50.2 Å². The Morgan fingerprint density at radius 3 is 2.21 bits per heavy atom. The number of carboxylic acid groups (broad SMARTS) is 1. The maximum atomic E-state index is 12.3. The Labute approximate surface area is 304 Å². The number of carbonyl (C=O) groups is 1. The predicted octanol–water partition coefficient (Wildman–Crippen LogP) is 9.52. The van der Waals surface area contributed by atoms with E-state index < -0.39 is 11.4 Å². The topological polar surface area (TPSA) is 148 Å². The lowest BCUT2D eigenvalue weighted by atomic mass is 9.34. The molecule has 8 rings (SSSR count). The number of hydrogen-bond acceptors (Lipinski definition) is 7. The van der Waals surface area contributed by atoms with E-state index in [-0.39, 0.29) is 61.1 Å². The number of fused-ring (bicyclic) bond motifs is 8. The van der Waals surface area contributed by atoms with Crippen LogP contribution in [0.5, 0.6) is 23.0 Å². The molecule has 0 radical (unpaired) electrons. The van der Waals surface area contributed by atoms with Crippen LogP contribution in [0.25, 0.3) is 22.3 Å². The SMILES string of the molecule is Cc1c(O)c(O)cc2c1CC=C1C2(C)CCC2(C)C3CC(C)(C(=O)O)CCC3(C)CCC12C.O=c1cc(-c2ccccc2)oc2cc(O)cc(O)c12. The number of allylic oxidation sites excluding steroid dienone is 2. The Morgan fingerprint density at radius 2 is 1.52 bits per heavy atom. The van der Waals surface area contributed by atoms with Gasteiger partial charge >= 0.3 is 5.97 Å². The van der Waals surface area contributed by atoms with Crippen LogP contribution in [0.4, 0.5) is 0 Å². The summed E-state index contributed by atoms with van der Waals surface area (Å²) in [5.74, 6) is -0.333. The van der Waals surface area contributed by atoms with Crippen molar-refractivity contribution < 1.29 is 34.7 Å². The van der Waals surface area contributed by atoms with Gasteiger partial charge in [-0.25, -0.2) is 0 Å². The second-order valence-electron chi connectivity index (χ2n) is 17.3. The third kappa shape index (κ3) is 5.15. The van der Waals surface area contributed by atoms with Crippen LogP contribution in [0.1, 0.15) is 96.3 Å². The third-order valence-electron chi connectivity index (χ3n) is 14.4. The second-order valence-corrected chi connectivity index (χ2v) is 17.3. The summed E-state index contributed by atoms with van der Waals surface area (Å²) >= 11 is 0. The van der Waals surface area contributed by atoms with Gasteiger partial charge in [0.15, 0.2) is 16.9 Å². The van der Waals surface area contributed by atoms with Crippen molar-refractivity contribution in [1.82, 2.24) is 0 Å². The van der Waals surface area contributed by atoms with Crippen molar-refractivity contribution in [3.63, 3.8) is 0 Å². The Bertz CT molecular complexity index is 2200. The lowest BCUT2D eigenvalue weighted by Crippen LogP contribution is -2.62. The average molecular weight is 707 g/mol. The number of aliphatic carboxylic acids is 1. The van der Waals surface area contributed by atoms with Gasteiger partial charge < -0.3 is 29.9 Å². The van der Waals surface area contributed by atoms with E-state index in [0.29, 0.717) is 11.7 Å². The molecule has 6 atom stereocenters. The van der Waals surface area contributed by atoms with Gasteiger partial charge in [0.05, 0.1) is 5.41 Å². The van der Waals surface area contributed by atoms with Gasteiger partial charge in [-0.3, -0.25) is 9.59 Å². The summed E-state index contributed by atoms with van der Waals surface area (Å²) in [5.41, 5.74) is 4.57. The summed E-state index contributed by atoms with van der Waals surface area (Å²) < 4.78 is 5.57. The third-order valence-corrected chi connectivity index (χ3v) is 14.4. The minimum Gasteiger partial charge on any atom is -0.508 e. The monoisotopic (exact) mass is 706 g/mol. The van der Waals surface area contributed by atoms with Gasteiger partial charge in [-0.15, -0.1) is 0 Å². The van der Waals surface area contributed by atoms with Crippen LogP contribution >= 0.6 is 0 Å². The molecule has 6 unspecified atom stereocenters. The van der Waals surface area contributed by atoms with E-state index in [2.05, 4.69) is 33.8 Å². The summed E-state index contributed by atoms with van der Waals surface area (Å²) in [4.78, 5) is 24.3. The van der Waals surface area contributed by atoms with Crippen LogP contribution < -0.4 is 5.43 Å². The molecule has 3 saturated carbocycles. The van der Waals surface area contributed by atoms with Crippen molar-refractivity contribution in [2.24, 2.45) is 27.6 Å². The van der Waals surface area contributed by atoms with Crippen molar-refractivity contribution in [3.05, 3.63) is 93.2 Å². The molecule has 1 aromatic heterocycles. The van der Waals surface area contributed by atoms with Gasteiger partial charge in [0.25, 0.3) is 0 Å². The van der Waals surface area contributed by atoms with Crippen molar-refractivity contribution in [3.8, 4) is 34.3 Å². The molecule has 0 amide bonds. The van der Waals surface area contributed by atoms with Gasteiger partial charge in [0.2, 0.25) is 0 Å². The fourth-order valence-corrected chi connectivity index (χ4v) is 10.9. The van der Waals surface area contributed by atoms with E-state index in [0.717, 1.165) is 74.1 Å². The largest absolute Gasteiger partial charge is 0.508 e. The minimum absolute atomic E-state index is 0.00431. The molecule has 52 heavy (non-hydrogen) atoms. The van der Waals surface area contributed by atoms with E-state index in [1.165, 1.54) is 23.3 Å². The minimum atomic E-state index is -0.641. The molecule has 4 aliphatic carbocycles. The highest BCUT2D eigenvalue weighted by molar-refractivity contribution is 5.86. The van der Waals surface area contributed by atoms with Crippen LogP contribution in [0.15, 0.2) is 75.5 Å². The molecule has 3 fully saturated rings. The smallest absolute Gasteiger partial charge is 0.309 e. The Balaban J connectivity index is 0.000000187. The number of hydrogen-bond donors (Lipinski definition) is 5. The Morgan fingerprint density at radius 1 is 0.827 bits per heavy atom. The first-order chi connectivity index (χ1) is 24.4. The van der Waals surface area contributed by atoms with Crippen LogP contribution in [0.3, 0.4) is 0 Å². The highest BCUT2D eigenvalue weighted by Crippen LogP contribution is 2.74. The Hall–Kier alpha value is -4.72. The van der Waals surface area contributed by atoms with Gasteiger partial charge in [-0.05, 0) is 110 Å². The maximum absolute atomic E-state index is 12.3. The quantitative estimate of drug-likeness (QED) is 0.102. The maximum Gasteiger partial charge on any atom is 0.309 e. The van der Waals surface area contributed by atoms with E-state index >= 15 is 0 Å². The van der Waals surface area contributed by atoms with Crippen molar-refractivity contribution in [2.75, 3.05) is 0 Å². The number of phenolic OH excluding ortho intramolecular Hbond substituents is 4. The molecule has 1 heterocycles. The molecule has 8 heteroatoms. The molecule has 0 saturated heterocycles. The molecule has 0 spiro atoms. The molecular formula is C44H50O8. The first kappa shape index (κ1) is 35.7. The van der Waals surface area contributed by atoms with Crippen LogP contribution in [-0.2, 0) is 16.6 Å². The number of carboxylic acids is 1. The van der Waals surface area contributed by atoms with E-state index in [1.54, 1.807) is 0 Å². The standard InChI is InChI=1S/C29H40O4.C15H10O4/c1-17-18-7-8-21-27(4,19(18)15-20(30)23(17)31)12-14-29(6)22-16-26(3,24(32)33)10-9-25(22,2)11-13-28(21,29)5;16-10-6-11(17)15-12(18)8-13(19-14(15)7-10)9-4-2-1-3-5-9/h8,15,22,30-31H,7,9-14,16H2,1-6H3,(H,32,33);1-8,16-17H. The van der Waals surface area contributed by atoms with Gasteiger partial charge in [0, 0.05) is 29.2 Å². The number of rotatable bonds is 2. The molecule has 274 valence electrons. The summed E-state index contributed by atoms with van der Waals surface area (Å²) in [5, 5.41) is 50.1. The molecule has 4 aliphatic rings. The van der Waals surface area contributed by atoms with Gasteiger partial charge in [0.1, 0.15) is 28.2 Å². The number of aromatic hydroxyl groups is 4. The lowest BCUT2D eigenvalue weighted by Gasteiger charge is -2.69. The molecule has 0 bridgehead atoms. The fraction of sp³-hybridized carbons (Fsp3) is 0.455. The van der Waals surface area contributed by atoms with Crippen molar-refractivity contribution in [2.45, 2.75) is 98.3 Å². The Kier molecular flexibility index (Phi) is 8.17. The van der Waals surface area contributed by atoms with Gasteiger partial charge in [-0.1, -0.05) is 69.7 Å². The molecule has 4 aromatic rings. The van der Waals surface area contributed by atoms with Crippen LogP contribution in [0.2, 0.25) is 0 Å². The molecule has 0 aliphatic heterocycles.